The zero-order valence-corrected chi connectivity index (χ0v) is 21.1. The van der Waals surface area contributed by atoms with Gasteiger partial charge in [0.15, 0.2) is 6.29 Å². The number of hydrogen-bond acceptors (Lipinski definition) is 2. The summed E-state index contributed by atoms with van der Waals surface area (Å²) in [6, 6.07) is 18.6. The minimum Gasteiger partial charge on any atom is -0.507 e. The highest BCUT2D eigenvalue weighted by Gasteiger charge is 2.17. The predicted octanol–water partition coefficient (Wildman–Crippen LogP) is 5.90. The molecule has 0 aromatic heterocycles. The number of hydrogen-bond donors (Lipinski definition) is 1. The SMILES string of the molecule is C[Si](C)(C)c1ccc(O)c(C=O)c1.C[Si](C)(C)c1ccc2cc(Br)ccc2c1. The Morgan fingerprint density at radius 2 is 1.25 bits per heavy atom. The molecule has 0 heterocycles. The van der Waals surface area contributed by atoms with Gasteiger partial charge in [-0.05, 0) is 35.0 Å². The number of phenols is 1. The van der Waals surface area contributed by atoms with Gasteiger partial charge >= 0.3 is 0 Å². The molecule has 3 aromatic carbocycles. The van der Waals surface area contributed by atoms with Crippen molar-refractivity contribution in [2.45, 2.75) is 39.3 Å². The quantitative estimate of drug-likeness (QED) is 0.380. The van der Waals surface area contributed by atoms with Gasteiger partial charge < -0.3 is 5.11 Å². The number of halogens is 1. The average molecular weight is 474 g/mol. The number of carbonyl (C=O) groups is 1. The van der Waals surface area contributed by atoms with Crippen LogP contribution in [0.1, 0.15) is 10.4 Å². The number of phenolic OH excluding ortho intramolecular Hbond substituents is 1. The molecule has 0 aliphatic heterocycles. The van der Waals surface area contributed by atoms with Crippen LogP contribution in [-0.4, -0.2) is 27.5 Å². The van der Waals surface area contributed by atoms with Crippen LogP contribution in [0.25, 0.3) is 10.8 Å². The summed E-state index contributed by atoms with van der Waals surface area (Å²) in [7, 11) is -2.55. The summed E-state index contributed by atoms with van der Waals surface area (Å²) in [4.78, 5) is 10.6. The molecule has 28 heavy (non-hydrogen) atoms. The maximum atomic E-state index is 10.6. The molecule has 148 valence electrons. The Bertz CT molecular complexity index is 986. The lowest BCUT2D eigenvalue weighted by Crippen LogP contribution is -2.37. The molecule has 0 spiro atoms. The van der Waals surface area contributed by atoms with Gasteiger partial charge in [0.2, 0.25) is 0 Å². The zero-order valence-electron chi connectivity index (χ0n) is 17.5. The van der Waals surface area contributed by atoms with E-state index < -0.39 is 16.1 Å². The molecule has 0 amide bonds. The molecule has 1 N–H and O–H groups in total. The van der Waals surface area contributed by atoms with Crippen LogP contribution in [0, 0.1) is 0 Å². The first-order valence-electron chi connectivity index (χ1n) is 9.40. The van der Waals surface area contributed by atoms with Crippen LogP contribution in [0.2, 0.25) is 39.3 Å². The van der Waals surface area contributed by atoms with Crippen LogP contribution < -0.4 is 10.4 Å². The number of fused-ring (bicyclic) bond motifs is 1. The van der Waals surface area contributed by atoms with E-state index in [1.807, 2.05) is 6.07 Å². The van der Waals surface area contributed by atoms with Crippen molar-refractivity contribution in [2.24, 2.45) is 0 Å². The molecule has 3 rings (SSSR count). The lowest BCUT2D eigenvalue weighted by Gasteiger charge is -2.17. The number of rotatable bonds is 3. The normalized spacial score (nSPS) is 11.7. The molecule has 0 aliphatic carbocycles. The van der Waals surface area contributed by atoms with Crippen molar-refractivity contribution in [3.05, 3.63) is 64.6 Å². The van der Waals surface area contributed by atoms with Crippen LogP contribution in [0.15, 0.2) is 59.1 Å². The fourth-order valence-electron chi connectivity index (χ4n) is 2.80. The second-order valence-electron chi connectivity index (χ2n) is 9.10. The van der Waals surface area contributed by atoms with E-state index in [4.69, 9.17) is 0 Å². The molecule has 0 saturated heterocycles. The van der Waals surface area contributed by atoms with E-state index in [-0.39, 0.29) is 5.75 Å². The monoisotopic (exact) mass is 472 g/mol. The Labute approximate surface area is 178 Å². The van der Waals surface area contributed by atoms with Gasteiger partial charge in [-0.1, -0.05) is 95.9 Å². The van der Waals surface area contributed by atoms with Gasteiger partial charge in [-0.3, -0.25) is 4.79 Å². The summed E-state index contributed by atoms with van der Waals surface area (Å²) in [6.07, 6.45) is 0.693. The van der Waals surface area contributed by atoms with Crippen LogP contribution >= 0.6 is 15.9 Å². The summed E-state index contributed by atoms with van der Waals surface area (Å²) in [5.41, 5.74) is 0.389. The van der Waals surface area contributed by atoms with Crippen molar-refractivity contribution in [3.8, 4) is 5.75 Å². The second kappa shape index (κ2) is 8.76. The third kappa shape index (κ3) is 5.90. The summed E-state index contributed by atoms with van der Waals surface area (Å²) in [5, 5.41) is 14.7. The predicted molar refractivity (Wildman–Crippen MR) is 131 cm³/mol. The number of aldehydes is 1. The van der Waals surface area contributed by atoms with Gasteiger partial charge in [0.25, 0.3) is 0 Å². The van der Waals surface area contributed by atoms with Crippen molar-refractivity contribution in [1.29, 1.82) is 0 Å². The summed E-state index contributed by atoms with van der Waals surface area (Å²) in [6.45, 7) is 13.8. The maximum Gasteiger partial charge on any atom is 0.153 e. The lowest BCUT2D eigenvalue weighted by molar-refractivity contribution is 0.112. The fraction of sp³-hybridized carbons (Fsp3) is 0.261. The van der Waals surface area contributed by atoms with Crippen LogP contribution in [0.4, 0.5) is 0 Å². The molecule has 0 aliphatic rings. The third-order valence-corrected chi connectivity index (χ3v) is 9.27. The van der Waals surface area contributed by atoms with Crippen molar-refractivity contribution in [3.63, 3.8) is 0 Å². The molecule has 0 radical (unpaired) electrons. The average Bonchev–Trinajstić information content (AvgIpc) is 2.60. The van der Waals surface area contributed by atoms with Gasteiger partial charge in [-0.15, -0.1) is 0 Å². The van der Waals surface area contributed by atoms with Gasteiger partial charge in [-0.2, -0.15) is 0 Å². The van der Waals surface area contributed by atoms with E-state index in [1.165, 1.54) is 21.1 Å². The Hall–Kier alpha value is -1.70. The van der Waals surface area contributed by atoms with E-state index in [0.29, 0.717) is 11.8 Å². The van der Waals surface area contributed by atoms with Crippen molar-refractivity contribution >= 4 is 59.5 Å². The molecule has 3 aromatic rings. The first-order valence-corrected chi connectivity index (χ1v) is 17.2. The molecule has 0 bridgehead atoms. The highest BCUT2D eigenvalue weighted by molar-refractivity contribution is 9.10. The van der Waals surface area contributed by atoms with Gasteiger partial charge in [-0.25, -0.2) is 0 Å². The molecular formula is C23H29BrO2Si2. The Kier molecular flexibility index (Phi) is 7.07. The minimum atomic E-state index is -1.37. The van der Waals surface area contributed by atoms with E-state index in [9.17, 15) is 9.90 Å². The van der Waals surface area contributed by atoms with Gasteiger partial charge in [0.1, 0.15) is 5.75 Å². The van der Waals surface area contributed by atoms with Crippen molar-refractivity contribution in [1.82, 2.24) is 0 Å². The summed E-state index contributed by atoms with van der Waals surface area (Å²) >= 11 is 3.50. The molecular weight excluding hydrogens is 444 g/mol. The topological polar surface area (TPSA) is 37.3 Å². The van der Waals surface area contributed by atoms with Gasteiger partial charge in [0, 0.05) is 4.47 Å². The number of carbonyl (C=O) groups excluding carboxylic acids is 1. The highest BCUT2D eigenvalue weighted by Crippen LogP contribution is 2.19. The molecule has 0 fully saturated rings. The van der Waals surface area contributed by atoms with E-state index >= 15 is 0 Å². The van der Waals surface area contributed by atoms with Crippen LogP contribution in [0.5, 0.6) is 5.75 Å². The summed E-state index contributed by atoms with van der Waals surface area (Å²) < 4.78 is 1.15. The zero-order chi connectivity index (χ0) is 21.1. The largest absolute Gasteiger partial charge is 0.507 e. The van der Waals surface area contributed by atoms with Gasteiger partial charge in [0.05, 0.1) is 21.7 Å². The standard InChI is InChI=1S/C13H15BrSi.C10H14O2Si/c1-15(2,3)13-7-5-10-8-12(14)6-4-11(10)9-13;1-13(2,3)9-4-5-10(12)8(6-9)7-11/h4-9H,1-3H3;4-7,12H,1-3H3. The van der Waals surface area contributed by atoms with E-state index in [2.05, 4.69) is 91.6 Å². The Morgan fingerprint density at radius 3 is 1.82 bits per heavy atom. The van der Waals surface area contributed by atoms with Crippen molar-refractivity contribution < 1.29 is 9.90 Å². The molecule has 0 unspecified atom stereocenters. The lowest BCUT2D eigenvalue weighted by atomic mass is 10.1. The maximum absolute atomic E-state index is 10.6. The number of benzene rings is 3. The van der Waals surface area contributed by atoms with Crippen LogP contribution in [-0.2, 0) is 0 Å². The smallest absolute Gasteiger partial charge is 0.153 e. The highest BCUT2D eigenvalue weighted by atomic mass is 79.9. The van der Waals surface area contributed by atoms with E-state index in [1.54, 1.807) is 12.1 Å². The number of aromatic hydroxyl groups is 1. The van der Waals surface area contributed by atoms with Crippen molar-refractivity contribution in [2.75, 3.05) is 0 Å². The Morgan fingerprint density at radius 1 is 0.750 bits per heavy atom. The molecule has 2 nitrogen and oxygen atoms in total. The fourth-order valence-corrected chi connectivity index (χ4v) is 5.52. The summed E-state index contributed by atoms with van der Waals surface area (Å²) in [5.74, 6) is 0.0667. The van der Waals surface area contributed by atoms with E-state index in [0.717, 1.165) is 4.47 Å². The molecule has 5 heteroatoms. The molecule has 0 atom stereocenters. The Balaban J connectivity index is 0.000000203. The minimum absolute atomic E-state index is 0.0667. The second-order valence-corrected chi connectivity index (χ2v) is 20.2. The first-order chi connectivity index (χ1) is 12.9. The molecule has 0 saturated carbocycles. The van der Waals surface area contributed by atoms with Crippen LogP contribution in [0.3, 0.4) is 0 Å². The first kappa shape index (κ1) is 22.6. The third-order valence-electron chi connectivity index (χ3n) is 4.69.